The molecule has 0 fully saturated rings. The molecule has 0 amide bonds. The summed E-state index contributed by atoms with van der Waals surface area (Å²) < 4.78 is 16.7. The molecule has 0 heterocycles. The minimum absolute atomic E-state index is 0.109. The first kappa shape index (κ1) is 58.6. The molecule has 0 aromatic rings. The maximum absolute atomic E-state index is 12.7. The number of unbranched alkanes of at least 4 members (excludes halogenated alkanes) is 25. The van der Waals surface area contributed by atoms with Crippen molar-refractivity contribution in [2.45, 2.75) is 239 Å². The van der Waals surface area contributed by atoms with E-state index in [9.17, 15) is 14.4 Å². The fourth-order valence-electron chi connectivity index (χ4n) is 6.93. The van der Waals surface area contributed by atoms with Gasteiger partial charge < -0.3 is 14.2 Å². The molecule has 0 saturated carbocycles. The average molecular weight is 863 g/mol. The summed E-state index contributed by atoms with van der Waals surface area (Å²) in [5.41, 5.74) is 0. The van der Waals surface area contributed by atoms with Crippen LogP contribution in [0.2, 0.25) is 0 Å². The monoisotopic (exact) mass is 863 g/mol. The minimum atomic E-state index is -0.818. The Balaban J connectivity index is 4.48. The van der Waals surface area contributed by atoms with Gasteiger partial charge in [-0.3, -0.25) is 14.4 Å². The van der Waals surface area contributed by atoms with Gasteiger partial charge in [0.15, 0.2) is 6.10 Å². The van der Waals surface area contributed by atoms with Gasteiger partial charge in [0.25, 0.3) is 0 Å². The van der Waals surface area contributed by atoms with Crippen molar-refractivity contribution >= 4 is 17.9 Å². The molecule has 0 bridgehead atoms. The minimum Gasteiger partial charge on any atom is -0.462 e. The number of rotatable bonds is 45. The van der Waals surface area contributed by atoms with E-state index in [0.717, 1.165) is 70.6 Å². The van der Waals surface area contributed by atoms with Gasteiger partial charge in [-0.2, -0.15) is 0 Å². The Morgan fingerprint density at radius 1 is 0.339 bits per heavy atom. The molecule has 0 rings (SSSR count). The third-order valence-corrected chi connectivity index (χ3v) is 10.8. The van der Waals surface area contributed by atoms with E-state index in [-0.39, 0.29) is 37.5 Å². The molecule has 1 unspecified atom stereocenters. The fourth-order valence-corrected chi connectivity index (χ4v) is 6.93. The quantitative estimate of drug-likeness (QED) is 0.0263. The van der Waals surface area contributed by atoms with Gasteiger partial charge in [0, 0.05) is 19.3 Å². The van der Waals surface area contributed by atoms with Gasteiger partial charge in [0.2, 0.25) is 0 Å². The largest absolute Gasteiger partial charge is 0.462 e. The number of hydrogen-bond acceptors (Lipinski definition) is 6. The Kier molecular flexibility index (Phi) is 47.5. The van der Waals surface area contributed by atoms with Crippen molar-refractivity contribution in [3.05, 3.63) is 85.1 Å². The second kappa shape index (κ2) is 50.2. The first-order chi connectivity index (χ1) is 30.5. The van der Waals surface area contributed by atoms with Crippen molar-refractivity contribution in [2.24, 2.45) is 0 Å². The lowest BCUT2D eigenvalue weighted by Crippen LogP contribution is -2.30. The van der Waals surface area contributed by atoms with E-state index in [1.165, 1.54) is 116 Å². The zero-order valence-corrected chi connectivity index (χ0v) is 40.4. The van der Waals surface area contributed by atoms with Gasteiger partial charge >= 0.3 is 17.9 Å². The lowest BCUT2D eigenvalue weighted by Gasteiger charge is -2.18. The van der Waals surface area contributed by atoms with Crippen molar-refractivity contribution in [3.63, 3.8) is 0 Å². The molecule has 0 aromatic carbocycles. The molecule has 0 radical (unpaired) electrons. The molecule has 6 nitrogen and oxygen atoms in total. The third-order valence-electron chi connectivity index (χ3n) is 10.8. The molecule has 0 aliphatic heterocycles. The Labute approximate surface area is 382 Å². The molecular formula is C56H94O6. The van der Waals surface area contributed by atoms with Crippen LogP contribution in [0.25, 0.3) is 0 Å². The van der Waals surface area contributed by atoms with Gasteiger partial charge in [0.1, 0.15) is 13.2 Å². The average Bonchev–Trinajstić information content (AvgIpc) is 3.27. The molecule has 0 aromatic heterocycles. The second-order valence-corrected chi connectivity index (χ2v) is 16.9. The third kappa shape index (κ3) is 47.6. The van der Waals surface area contributed by atoms with Crippen LogP contribution in [-0.4, -0.2) is 37.2 Å². The number of carbonyl (C=O) groups is 3. The zero-order valence-electron chi connectivity index (χ0n) is 40.4. The van der Waals surface area contributed by atoms with Crippen LogP contribution < -0.4 is 0 Å². The highest BCUT2D eigenvalue weighted by atomic mass is 16.6. The summed E-state index contributed by atoms with van der Waals surface area (Å²) >= 11 is 0. The van der Waals surface area contributed by atoms with Crippen molar-refractivity contribution in [1.82, 2.24) is 0 Å². The van der Waals surface area contributed by atoms with E-state index >= 15 is 0 Å². The van der Waals surface area contributed by atoms with E-state index in [1.807, 2.05) is 54.7 Å². The summed E-state index contributed by atoms with van der Waals surface area (Å²) in [4.78, 5) is 37.9. The Bertz CT molecular complexity index is 1220. The van der Waals surface area contributed by atoms with Crippen LogP contribution in [0.5, 0.6) is 0 Å². The predicted octanol–water partition coefficient (Wildman–Crippen LogP) is 16.8. The van der Waals surface area contributed by atoms with E-state index in [0.29, 0.717) is 19.3 Å². The van der Waals surface area contributed by atoms with Gasteiger partial charge in [-0.25, -0.2) is 0 Å². The lowest BCUT2D eigenvalue weighted by molar-refractivity contribution is -0.167. The maximum atomic E-state index is 12.7. The van der Waals surface area contributed by atoms with Gasteiger partial charge in [0.05, 0.1) is 0 Å². The number of allylic oxidation sites excluding steroid dienone is 14. The van der Waals surface area contributed by atoms with Crippen molar-refractivity contribution < 1.29 is 28.6 Å². The summed E-state index contributed by atoms with van der Waals surface area (Å²) in [5, 5.41) is 0. The molecular weight excluding hydrogens is 769 g/mol. The van der Waals surface area contributed by atoms with E-state index in [1.54, 1.807) is 0 Å². The molecule has 1 atom stereocenters. The topological polar surface area (TPSA) is 78.9 Å². The smallest absolute Gasteiger partial charge is 0.306 e. The molecule has 0 spiro atoms. The lowest BCUT2D eigenvalue weighted by atomic mass is 10.0. The van der Waals surface area contributed by atoms with Crippen LogP contribution in [0.15, 0.2) is 85.1 Å². The van der Waals surface area contributed by atoms with E-state index in [2.05, 4.69) is 51.2 Å². The molecule has 0 aliphatic rings. The van der Waals surface area contributed by atoms with Crippen LogP contribution >= 0.6 is 0 Å². The fraction of sp³-hybridized carbons (Fsp3) is 0.696. The Morgan fingerprint density at radius 2 is 0.645 bits per heavy atom. The molecule has 62 heavy (non-hydrogen) atoms. The van der Waals surface area contributed by atoms with Crippen molar-refractivity contribution in [1.29, 1.82) is 0 Å². The number of esters is 3. The van der Waals surface area contributed by atoms with Crippen molar-refractivity contribution in [3.8, 4) is 0 Å². The van der Waals surface area contributed by atoms with Crippen molar-refractivity contribution in [2.75, 3.05) is 13.2 Å². The Hall–Kier alpha value is -3.41. The summed E-state index contributed by atoms with van der Waals surface area (Å²) in [6.45, 7) is 6.41. The summed E-state index contributed by atoms with van der Waals surface area (Å²) in [6, 6.07) is 0. The SMILES string of the molecule is CC/C=C/C=C/C=C/C=C/C=C/CCCC(=O)OC(COC(=O)CCCCCCC/C=C/C=C/CCCCCCCCC)COC(=O)CCCCCCCCCCCCCCC. The second-order valence-electron chi connectivity index (χ2n) is 16.9. The zero-order chi connectivity index (χ0) is 45.1. The van der Waals surface area contributed by atoms with Gasteiger partial charge in [-0.1, -0.05) is 241 Å². The standard InChI is InChI=1S/C56H94O6/c1-4-7-10-13-16-19-22-25-26-27-28-29-32-34-37-40-43-46-49-55(58)61-52-53(62-56(59)50-47-44-41-38-35-31-24-21-18-15-12-9-6-3)51-60-54(57)48-45-42-39-36-33-30-23-20-17-14-11-8-5-2/h9,12,15,18,21,24,26-29,31,35,38,41,53H,4-8,10-11,13-14,16-17,19-20,22-23,25,30,32-34,36-37,39-40,42-52H2,1-3H3/b12-9+,18-15+,24-21+,27-26+,29-28+,35-31+,41-38+. The van der Waals surface area contributed by atoms with Crippen LogP contribution in [0.4, 0.5) is 0 Å². The summed E-state index contributed by atoms with van der Waals surface area (Å²) in [6.07, 6.45) is 64.3. The maximum Gasteiger partial charge on any atom is 0.306 e. The number of carbonyl (C=O) groups excluding carboxylic acids is 3. The Morgan fingerprint density at radius 3 is 1.05 bits per heavy atom. The normalized spacial score (nSPS) is 12.8. The highest BCUT2D eigenvalue weighted by molar-refractivity contribution is 5.71. The van der Waals surface area contributed by atoms with Crippen LogP contribution in [0.3, 0.4) is 0 Å². The molecule has 0 aliphatic carbocycles. The molecule has 0 saturated heterocycles. The first-order valence-electron chi connectivity index (χ1n) is 25.7. The summed E-state index contributed by atoms with van der Waals surface area (Å²) in [5.74, 6) is -1.000. The summed E-state index contributed by atoms with van der Waals surface area (Å²) in [7, 11) is 0. The predicted molar refractivity (Wildman–Crippen MR) is 265 cm³/mol. The molecule has 6 heteroatoms. The molecule has 354 valence electrons. The highest BCUT2D eigenvalue weighted by Gasteiger charge is 2.19. The number of ether oxygens (including phenoxy) is 3. The first-order valence-corrected chi connectivity index (χ1v) is 25.7. The number of hydrogen-bond donors (Lipinski definition) is 0. The molecule has 0 N–H and O–H groups in total. The van der Waals surface area contributed by atoms with Crippen LogP contribution in [0, 0.1) is 0 Å². The van der Waals surface area contributed by atoms with Crippen LogP contribution in [0.1, 0.15) is 233 Å². The van der Waals surface area contributed by atoms with Crippen LogP contribution in [-0.2, 0) is 28.6 Å². The van der Waals surface area contributed by atoms with E-state index in [4.69, 9.17) is 14.2 Å². The van der Waals surface area contributed by atoms with E-state index < -0.39 is 6.10 Å². The van der Waals surface area contributed by atoms with Gasteiger partial charge in [-0.15, -0.1) is 0 Å². The highest BCUT2D eigenvalue weighted by Crippen LogP contribution is 2.14. The van der Waals surface area contributed by atoms with Gasteiger partial charge in [-0.05, 0) is 57.8 Å².